The third-order valence-corrected chi connectivity index (χ3v) is 2.72. The van der Waals surface area contributed by atoms with Crippen LogP contribution in [0.4, 0.5) is 8.78 Å². The fraction of sp³-hybridized carbons (Fsp3) is 0.400. The monoisotopic (exact) mass is 268 g/mol. The summed E-state index contributed by atoms with van der Waals surface area (Å²) in [5.74, 6) is -0.282. The normalized spacial score (nSPS) is 10.1. The van der Waals surface area contributed by atoms with E-state index in [9.17, 15) is 13.6 Å². The van der Waals surface area contributed by atoms with Gasteiger partial charge in [-0.3, -0.25) is 4.79 Å². The average Bonchev–Trinajstić information content (AvgIpc) is 2.39. The van der Waals surface area contributed by atoms with E-state index in [1.807, 2.05) is 30.3 Å². The van der Waals surface area contributed by atoms with E-state index in [2.05, 4.69) is 0 Å². The molecule has 2 nitrogen and oxygen atoms in total. The van der Waals surface area contributed by atoms with Crippen molar-refractivity contribution in [2.75, 3.05) is 6.61 Å². The lowest BCUT2D eigenvalue weighted by Gasteiger charge is -2.05. The van der Waals surface area contributed by atoms with Crippen LogP contribution in [0.2, 0.25) is 0 Å². The second-order valence-electron chi connectivity index (χ2n) is 4.38. The molecular formula is C15H18F2O2. The minimum atomic E-state index is -1.61. The first kappa shape index (κ1) is 15.3. The maximum absolute atomic E-state index is 12.1. The molecule has 0 bridgehead atoms. The van der Waals surface area contributed by atoms with Crippen LogP contribution >= 0.6 is 0 Å². The van der Waals surface area contributed by atoms with Crippen molar-refractivity contribution in [3.05, 3.63) is 47.5 Å². The van der Waals surface area contributed by atoms with Crippen molar-refractivity contribution >= 4 is 5.97 Å². The maximum atomic E-state index is 12.1. The molecule has 0 N–H and O–H groups in total. The first-order valence-electron chi connectivity index (χ1n) is 6.30. The van der Waals surface area contributed by atoms with Crippen LogP contribution < -0.4 is 0 Å². The van der Waals surface area contributed by atoms with Crippen molar-refractivity contribution in [2.24, 2.45) is 0 Å². The Balaban J connectivity index is 2.13. The van der Waals surface area contributed by atoms with Gasteiger partial charge >= 0.3 is 5.97 Å². The summed E-state index contributed by atoms with van der Waals surface area (Å²) < 4.78 is 29.3. The molecule has 104 valence electrons. The number of halogens is 2. The van der Waals surface area contributed by atoms with E-state index in [1.165, 1.54) is 6.92 Å². The lowest BCUT2D eigenvalue weighted by Crippen LogP contribution is -2.09. The van der Waals surface area contributed by atoms with Gasteiger partial charge in [-0.2, -0.15) is 8.78 Å². The van der Waals surface area contributed by atoms with Gasteiger partial charge in [0.15, 0.2) is 0 Å². The number of allylic oxidation sites excluding steroid dienone is 1. The van der Waals surface area contributed by atoms with E-state index >= 15 is 0 Å². The molecule has 1 aromatic rings. The van der Waals surface area contributed by atoms with Gasteiger partial charge < -0.3 is 4.74 Å². The molecule has 0 atom stereocenters. The van der Waals surface area contributed by atoms with Gasteiger partial charge in [-0.05, 0) is 37.3 Å². The maximum Gasteiger partial charge on any atom is 0.310 e. The van der Waals surface area contributed by atoms with Crippen LogP contribution in [0, 0.1) is 0 Å². The largest absolute Gasteiger partial charge is 0.465 e. The molecular weight excluding hydrogens is 250 g/mol. The van der Waals surface area contributed by atoms with Crippen molar-refractivity contribution in [3.63, 3.8) is 0 Å². The molecule has 19 heavy (non-hydrogen) atoms. The standard InChI is InChI=1S/C15H18F2O2/c1-12(15(16)17)7-5-6-10-19-14(18)11-13-8-3-2-4-9-13/h2-4,8-9H,5-7,10-11H2,1H3. The second kappa shape index (κ2) is 8.40. The fourth-order valence-corrected chi connectivity index (χ4v) is 1.59. The predicted octanol–water partition coefficient (Wildman–Crippen LogP) is 4.11. The third-order valence-electron chi connectivity index (χ3n) is 2.72. The minimum absolute atomic E-state index is 0.107. The molecule has 0 spiro atoms. The molecule has 1 aromatic carbocycles. The van der Waals surface area contributed by atoms with Crippen LogP contribution in [0.15, 0.2) is 42.0 Å². The summed E-state index contributed by atoms with van der Waals surface area (Å²) >= 11 is 0. The Kier molecular flexibility index (Phi) is 6.79. The number of ether oxygens (including phenoxy) is 1. The predicted molar refractivity (Wildman–Crippen MR) is 69.9 cm³/mol. The summed E-state index contributed by atoms with van der Waals surface area (Å²) in [6.45, 7) is 1.70. The Morgan fingerprint density at radius 1 is 1.16 bits per heavy atom. The molecule has 0 saturated heterocycles. The average molecular weight is 268 g/mol. The zero-order chi connectivity index (χ0) is 14.1. The number of hydrogen-bond donors (Lipinski definition) is 0. The topological polar surface area (TPSA) is 26.3 Å². The zero-order valence-electron chi connectivity index (χ0n) is 11.0. The quantitative estimate of drug-likeness (QED) is 0.549. The molecule has 0 heterocycles. The number of esters is 1. The molecule has 0 aliphatic rings. The number of benzene rings is 1. The van der Waals surface area contributed by atoms with Crippen LogP contribution in [0.1, 0.15) is 31.7 Å². The Morgan fingerprint density at radius 2 is 1.84 bits per heavy atom. The number of carbonyl (C=O) groups excluding carboxylic acids is 1. The van der Waals surface area contributed by atoms with Gasteiger partial charge in [0, 0.05) is 0 Å². The fourth-order valence-electron chi connectivity index (χ4n) is 1.59. The molecule has 0 radical (unpaired) electrons. The van der Waals surface area contributed by atoms with Crippen molar-refractivity contribution in [1.82, 2.24) is 0 Å². The van der Waals surface area contributed by atoms with Crippen molar-refractivity contribution < 1.29 is 18.3 Å². The molecule has 1 rings (SSSR count). The van der Waals surface area contributed by atoms with Crippen molar-refractivity contribution in [1.29, 1.82) is 0 Å². The van der Waals surface area contributed by atoms with Crippen LogP contribution in [-0.4, -0.2) is 12.6 Å². The number of hydrogen-bond acceptors (Lipinski definition) is 2. The summed E-state index contributed by atoms with van der Waals surface area (Å²) in [4.78, 5) is 11.5. The van der Waals surface area contributed by atoms with Gasteiger partial charge in [-0.1, -0.05) is 30.3 Å². The third kappa shape index (κ3) is 6.70. The minimum Gasteiger partial charge on any atom is -0.465 e. The highest BCUT2D eigenvalue weighted by atomic mass is 19.3. The SMILES string of the molecule is CC(CCCCOC(=O)Cc1ccccc1)=C(F)F. The van der Waals surface area contributed by atoms with Gasteiger partial charge in [0.1, 0.15) is 0 Å². The molecule has 0 aliphatic heterocycles. The van der Waals surface area contributed by atoms with Crippen LogP contribution in [-0.2, 0) is 16.0 Å². The van der Waals surface area contributed by atoms with Crippen molar-refractivity contribution in [2.45, 2.75) is 32.6 Å². The van der Waals surface area contributed by atoms with E-state index in [0.717, 1.165) is 5.56 Å². The van der Waals surface area contributed by atoms with Gasteiger partial charge in [0.25, 0.3) is 6.08 Å². The van der Waals surface area contributed by atoms with Gasteiger partial charge in [0.2, 0.25) is 0 Å². The summed E-state index contributed by atoms with van der Waals surface area (Å²) in [6.07, 6.45) is 0.186. The lowest BCUT2D eigenvalue weighted by molar-refractivity contribution is -0.142. The van der Waals surface area contributed by atoms with E-state index in [-0.39, 0.29) is 24.6 Å². The van der Waals surface area contributed by atoms with Crippen LogP contribution in [0.25, 0.3) is 0 Å². The van der Waals surface area contributed by atoms with Crippen LogP contribution in [0.3, 0.4) is 0 Å². The number of carbonyl (C=O) groups is 1. The van der Waals surface area contributed by atoms with Gasteiger partial charge in [0.05, 0.1) is 13.0 Å². The van der Waals surface area contributed by atoms with E-state index in [1.54, 1.807) is 0 Å². The van der Waals surface area contributed by atoms with Crippen molar-refractivity contribution in [3.8, 4) is 0 Å². The van der Waals surface area contributed by atoms with Gasteiger partial charge in [-0.25, -0.2) is 0 Å². The zero-order valence-corrected chi connectivity index (χ0v) is 11.0. The molecule has 0 amide bonds. The Bertz CT molecular complexity index is 423. The second-order valence-corrected chi connectivity index (χ2v) is 4.38. The highest BCUT2D eigenvalue weighted by Crippen LogP contribution is 2.13. The molecule has 4 heteroatoms. The molecule has 0 aromatic heterocycles. The molecule has 0 saturated carbocycles. The summed E-state index contributed by atoms with van der Waals surface area (Å²) in [7, 11) is 0. The summed E-state index contributed by atoms with van der Waals surface area (Å²) in [6, 6.07) is 9.33. The summed E-state index contributed by atoms with van der Waals surface area (Å²) in [5.41, 5.74) is 1.02. The Labute approximate surface area is 112 Å². The molecule has 0 unspecified atom stereocenters. The molecule has 0 fully saturated rings. The first-order chi connectivity index (χ1) is 9.09. The van der Waals surface area contributed by atoms with Gasteiger partial charge in [-0.15, -0.1) is 0 Å². The lowest BCUT2D eigenvalue weighted by atomic mass is 10.1. The first-order valence-corrected chi connectivity index (χ1v) is 6.30. The van der Waals surface area contributed by atoms with E-state index in [0.29, 0.717) is 19.3 Å². The molecule has 0 aliphatic carbocycles. The highest BCUT2D eigenvalue weighted by molar-refractivity contribution is 5.72. The Hall–Kier alpha value is -1.71. The summed E-state index contributed by atoms with van der Waals surface area (Å²) in [5, 5.41) is 0. The number of rotatable bonds is 7. The Morgan fingerprint density at radius 3 is 2.47 bits per heavy atom. The van der Waals surface area contributed by atoms with Crippen LogP contribution in [0.5, 0.6) is 0 Å². The number of unbranched alkanes of at least 4 members (excludes halogenated alkanes) is 1. The van der Waals surface area contributed by atoms with E-state index in [4.69, 9.17) is 4.74 Å². The smallest absolute Gasteiger partial charge is 0.310 e. The highest BCUT2D eigenvalue weighted by Gasteiger charge is 2.04. The van der Waals surface area contributed by atoms with E-state index < -0.39 is 6.08 Å².